The largest absolute Gasteiger partial charge is 0.481 e. The SMILES string of the molecule is O=C(O)[C@H]1CC=CC[C@@H]1C(=O)Nc1ccccc1NS(=O)(=O)c1cccs1. The van der Waals surface area contributed by atoms with Crippen LogP contribution in [0.2, 0.25) is 0 Å². The quantitative estimate of drug-likeness (QED) is 0.638. The van der Waals surface area contributed by atoms with Gasteiger partial charge in [-0.05, 0) is 36.4 Å². The number of carbonyl (C=O) groups is 2. The molecular formula is C18H18N2O5S2. The van der Waals surface area contributed by atoms with E-state index in [0.29, 0.717) is 12.8 Å². The van der Waals surface area contributed by atoms with Gasteiger partial charge in [0.2, 0.25) is 5.91 Å². The van der Waals surface area contributed by atoms with Gasteiger partial charge in [-0.15, -0.1) is 11.3 Å². The van der Waals surface area contributed by atoms with Gasteiger partial charge in [-0.2, -0.15) is 0 Å². The highest BCUT2D eigenvalue weighted by atomic mass is 32.2. The molecule has 0 saturated carbocycles. The third-order valence-corrected chi connectivity index (χ3v) is 7.04. The van der Waals surface area contributed by atoms with E-state index >= 15 is 0 Å². The average molecular weight is 406 g/mol. The number of para-hydroxylation sites is 2. The molecule has 3 N–H and O–H groups in total. The van der Waals surface area contributed by atoms with E-state index in [-0.39, 0.29) is 15.6 Å². The number of amides is 1. The summed E-state index contributed by atoms with van der Waals surface area (Å²) in [5.74, 6) is -2.99. The normalized spacial score (nSPS) is 19.4. The highest BCUT2D eigenvalue weighted by Crippen LogP contribution is 2.30. The third kappa shape index (κ3) is 4.37. The van der Waals surface area contributed by atoms with E-state index in [1.54, 1.807) is 41.8 Å². The molecule has 0 unspecified atom stereocenters. The van der Waals surface area contributed by atoms with Crippen molar-refractivity contribution >= 4 is 44.6 Å². The van der Waals surface area contributed by atoms with Crippen molar-refractivity contribution in [2.45, 2.75) is 17.1 Å². The van der Waals surface area contributed by atoms with E-state index in [1.807, 2.05) is 0 Å². The molecule has 0 bridgehead atoms. The molecule has 1 aromatic carbocycles. The molecule has 2 aromatic rings. The maximum absolute atomic E-state index is 12.6. The summed E-state index contributed by atoms with van der Waals surface area (Å²) in [6.07, 6.45) is 4.16. The van der Waals surface area contributed by atoms with Crippen molar-refractivity contribution < 1.29 is 23.1 Å². The van der Waals surface area contributed by atoms with E-state index in [9.17, 15) is 23.1 Å². The van der Waals surface area contributed by atoms with Gasteiger partial charge in [0.1, 0.15) is 4.21 Å². The maximum atomic E-state index is 12.6. The summed E-state index contributed by atoms with van der Waals surface area (Å²) in [5, 5.41) is 13.7. The lowest BCUT2D eigenvalue weighted by molar-refractivity contribution is -0.146. The van der Waals surface area contributed by atoms with Crippen molar-refractivity contribution in [3.8, 4) is 0 Å². The Morgan fingerprint density at radius 3 is 2.30 bits per heavy atom. The standard InChI is InChI=1S/C18H18N2O5S2/c21-17(12-6-1-2-7-13(12)18(22)23)19-14-8-3-4-9-15(14)20-27(24,25)16-10-5-11-26-16/h1-5,8-13,20H,6-7H2,(H,19,21)(H,22,23)/t12-,13-/m0/s1. The molecule has 1 heterocycles. The zero-order valence-corrected chi connectivity index (χ0v) is 15.8. The van der Waals surface area contributed by atoms with Gasteiger partial charge in [0.05, 0.1) is 23.2 Å². The number of nitrogens with one attached hydrogen (secondary N) is 2. The van der Waals surface area contributed by atoms with Gasteiger partial charge in [0.25, 0.3) is 10.0 Å². The first-order valence-corrected chi connectivity index (χ1v) is 10.6. The van der Waals surface area contributed by atoms with Crippen LogP contribution in [0.3, 0.4) is 0 Å². The predicted molar refractivity (Wildman–Crippen MR) is 103 cm³/mol. The van der Waals surface area contributed by atoms with E-state index in [2.05, 4.69) is 10.0 Å². The number of hydrogen-bond acceptors (Lipinski definition) is 5. The first kappa shape index (κ1) is 19.1. The number of sulfonamides is 1. The minimum atomic E-state index is -3.77. The molecule has 0 radical (unpaired) electrons. The Hall–Kier alpha value is -2.65. The zero-order valence-electron chi connectivity index (χ0n) is 14.2. The second-order valence-corrected chi connectivity index (χ2v) is 8.92. The van der Waals surface area contributed by atoms with Gasteiger partial charge >= 0.3 is 5.97 Å². The summed E-state index contributed by atoms with van der Waals surface area (Å²) in [4.78, 5) is 24.0. The second kappa shape index (κ2) is 7.93. The first-order valence-electron chi connectivity index (χ1n) is 8.22. The van der Waals surface area contributed by atoms with E-state index in [4.69, 9.17) is 0 Å². The fourth-order valence-electron chi connectivity index (χ4n) is 2.89. The number of hydrogen-bond donors (Lipinski definition) is 3. The molecule has 1 aliphatic carbocycles. The van der Waals surface area contributed by atoms with Crippen molar-refractivity contribution in [2.24, 2.45) is 11.8 Å². The molecule has 1 aromatic heterocycles. The molecule has 1 amide bonds. The average Bonchev–Trinajstić information content (AvgIpc) is 3.19. The Bertz CT molecular complexity index is 967. The smallest absolute Gasteiger partial charge is 0.307 e. The fraction of sp³-hybridized carbons (Fsp3) is 0.222. The number of carbonyl (C=O) groups excluding carboxylic acids is 1. The Kier molecular flexibility index (Phi) is 5.62. The van der Waals surface area contributed by atoms with Crippen LogP contribution >= 0.6 is 11.3 Å². The summed E-state index contributed by atoms with van der Waals surface area (Å²) in [7, 11) is -3.77. The van der Waals surface area contributed by atoms with Crippen LogP contribution in [0.5, 0.6) is 0 Å². The molecule has 7 nitrogen and oxygen atoms in total. The van der Waals surface area contributed by atoms with E-state index in [1.165, 1.54) is 12.1 Å². The molecular weight excluding hydrogens is 388 g/mol. The summed E-state index contributed by atoms with van der Waals surface area (Å²) < 4.78 is 27.5. The van der Waals surface area contributed by atoms with Crippen molar-refractivity contribution in [3.63, 3.8) is 0 Å². The van der Waals surface area contributed by atoms with E-state index in [0.717, 1.165) is 11.3 Å². The molecule has 0 aliphatic heterocycles. The Morgan fingerprint density at radius 2 is 1.67 bits per heavy atom. The van der Waals surface area contributed by atoms with Crippen LogP contribution in [0.25, 0.3) is 0 Å². The molecule has 3 rings (SSSR count). The number of anilines is 2. The van der Waals surface area contributed by atoms with Gasteiger partial charge in [0, 0.05) is 0 Å². The minimum Gasteiger partial charge on any atom is -0.481 e. The van der Waals surface area contributed by atoms with Gasteiger partial charge in [-0.1, -0.05) is 30.4 Å². The lowest BCUT2D eigenvalue weighted by Gasteiger charge is -2.24. The Labute approximate surface area is 160 Å². The summed E-state index contributed by atoms with van der Waals surface area (Å²) in [5.41, 5.74) is 0.499. The summed E-state index contributed by atoms with van der Waals surface area (Å²) in [6, 6.07) is 9.53. The number of benzene rings is 1. The lowest BCUT2D eigenvalue weighted by atomic mass is 9.82. The minimum absolute atomic E-state index is 0.159. The second-order valence-electron chi connectivity index (χ2n) is 6.07. The summed E-state index contributed by atoms with van der Waals surface area (Å²) in [6.45, 7) is 0. The molecule has 1 aliphatic rings. The van der Waals surface area contributed by atoms with Crippen LogP contribution in [0.1, 0.15) is 12.8 Å². The number of aliphatic carboxylic acids is 1. The number of rotatable bonds is 6. The lowest BCUT2D eigenvalue weighted by Crippen LogP contribution is -2.34. The third-order valence-electron chi connectivity index (χ3n) is 4.28. The highest BCUT2D eigenvalue weighted by molar-refractivity contribution is 7.94. The predicted octanol–water partition coefficient (Wildman–Crippen LogP) is 3.15. The van der Waals surface area contributed by atoms with Gasteiger partial charge in [0.15, 0.2) is 0 Å². The zero-order chi connectivity index (χ0) is 19.4. The van der Waals surface area contributed by atoms with Gasteiger partial charge < -0.3 is 10.4 Å². The maximum Gasteiger partial charge on any atom is 0.307 e. The monoisotopic (exact) mass is 406 g/mol. The number of carboxylic acids is 1. The molecule has 27 heavy (non-hydrogen) atoms. The highest BCUT2D eigenvalue weighted by Gasteiger charge is 2.34. The molecule has 0 fully saturated rings. The van der Waals surface area contributed by atoms with Crippen LogP contribution in [-0.2, 0) is 19.6 Å². The molecule has 2 atom stereocenters. The molecule has 142 valence electrons. The Morgan fingerprint density at radius 1 is 1.00 bits per heavy atom. The number of carboxylic acid groups (broad SMARTS) is 1. The van der Waals surface area contributed by atoms with E-state index < -0.39 is 33.7 Å². The van der Waals surface area contributed by atoms with Crippen molar-refractivity contribution in [1.29, 1.82) is 0 Å². The first-order chi connectivity index (χ1) is 12.9. The van der Waals surface area contributed by atoms with Gasteiger partial charge in [-0.3, -0.25) is 14.3 Å². The number of allylic oxidation sites excluding steroid dienone is 2. The fourth-order valence-corrected chi connectivity index (χ4v) is 4.97. The number of thiophene rings is 1. The van der Waals surface area contributed by atoms with Crippen LogP contribution in [-0.4, -0.2) is 25.4 Å². The molecule has 9 heteroatoms. The van der Waals surface area contributed by atoms with Gasteiger partial charge in [-0.25, -0.2) is 8.42 Å². The van der Waals surface area contributed by atoms with Crippen molar-refractivity contribution in [3.05, 3.63) is 53.9 Å². The van der Waals surface area contributed by atoms with Crippen LogP contribution in [0, 0.1) is 11.8 Å². The topological polar surface area (TPSA) is 113 Å². The molecule has 0 spiro atoms. The van der Waals surface area contributed by atoms with Crippen LogP contribution in [0.4, 0.5) is 11.4 Å². The van der Waals surface area contributed by atoms with Crippen LogP contribution < -0.4 is 10.0 Å². The summed E-state index contributed by atoms with van der Waals surface area (Å²) >= 11 is 1.08. The molecule has 0 saturated heterocycles. The van der Waals surface area contributed by atoms with Crippen molar-refractivity contribution in [1.82, 2.24) is 0 Å². The van der Waals surface area contributed by atoms with Crippen LogP contribution in [0.15, 0.2) is 58.1 Å². The Balaban J connectivity index is 1.81. The van der Waals surface area contributed by atoms with Crippen molar-refractivity contribution in [2.75, 3.05) is 10.0 Å².